The van der Waals surface area contributed by atoms with E-state index in [4.69, 9.17) is 4.98 Å². The van der Waals surface area contributed by atoms with Crippen LogP contribution in [0.15, 0.2) is 36.9 Å². The summed E-state index contributed by atoms with van der Waals surface area (Å²) < 4.78 is 1.74. The standard InChI is InChI=1S/C21H24N6O/c1-14-18(13-24-26(14)3)21(28)27-10-6-17(7-11-27)20-19(12-23-15(2)25-20)16-4-8-22-9-5-16/h4-5,8-9,12-13,17H,6-7,10-11H2,1-3H3. The molecule has 7 heteroatoms. The van der Waals surface area contributed by atoms with Crippen LogP contribution in [-0.4, -0.2) is 48.6 Å². The third-order valence-corrected chi connectivity index (χ3v) is 5.56. The molecular weight excluding hydrogens is 352 g/mol. The molecule has 1 saturated heterocycles. The summed E-state index contributed by atoms with van der Waals surface area (Å²) in [6.45, 7) is 5.29. The van der Waals surface area contributed by atoms with E-state index < -0.39 is 0 Å². The Morgan fingerprint density at radius 1 is 1.11 bits per heavy atom. The fraction of sp³-hybridized carbons (Fsp3) is 0.381. The zero-order chi connectivity index (χ0) is 19.7. The molecular formula is C21H24N6O. The van der Waals surface area contributed by atoms with Crippen molar-refractivity contribution in [3.63, 3.8) is 0 Å². The molecule has 28 heavy (non-hydrogen) atoms. The first-order valence-corrected chi connectivity index (χ1v) is 9.56. The van der Waals surface area contributed by atoms with E-state index in [1.165, 1.54) is 0 Å². The number of aromatic nitrogens is 5. The maximum atomic E-state index is 12.9. The molecule has 1 aliphatic rings. The van der Waals surface area contributed by atoms with Crippen molar-refractivity contribution in [3.05, 3.63) is 59.7 Å². The van der Waals surface area contributed by atoms with Crippen molar-refractivity contribution >= 4 is 5.91 Å². The first-order chi connectivity index (χ1) is 13.5. The van der Waals surface area contributed by atoms with Crippen molar-refractivity contribution in [3.8, 4) is 11.1 Å². The second-order valence-electron chi connectivity index (χ2n) is 7.29. The Morgan fingerprint density at radius 3 is 2.46 bits per heavy atom. The molecule has 4 heterocycles. The van der Waals surface area contributed by atoms with Gasteiger partial charge in [-0.15, -0.1) is 0 Å². The number of carbonyl (C=O) groups is 1. The van der Waals surface area contributed by atoms with Gasteiger partial charge in [0.25, 0.3) is 5.91 Å². The first-order valence-electron chi connectivity index (χ1n) is 9.56. The van der Waals surface area contributed by atoms with Crippen molar-refractivity contribution in [2.24, 2.45) is 7.05 Å². The highest BCUT2D eigenvalue weighted by Gasteiger charge is 2.28. The summed E-state index contributed by atoms with van der Waals surface area (Å²) in [5.74, 6) is 1.15. The molecule has 3 aromatic rings. The van der Waals surface area contributed by atoms with E-state index in [9.17, 15) is 4.79 Å². The quantitative estimate of drug-likeness (QED) is 0.702. The number of hydrogen-bond acceptors (Lipinski definition) is 5. The average molecular weight is 376 g/mol. The highest BCUT2D eigenvalue weighted by atomic mass is 16.2. The molecule has 3 aromatic heterocycles. The van der Waals surface area contributed by atoms with Crippen LogP contribution in [0.2, 0.25) is 0 Å². The molecule has 0 unspecified atom stereocenters. The monoisotopic (exact) mass is 376 g/mol. The van der Waals surface area contributed by atoms with Crippen LogP contribution in [0.3, 0.4) is 0 Å². The van der Waals surface area contributed by atoms with Gasteiger partial charge in [0.05, 0.1) is 17.5 Å². The van der Waals surface area contributed by atoms with Gasteiger partial charge in [-0.05, 0) is 44.4 Å². The number of aryl methyl sites for hydroxylation is 2. The third-order valence-electron chi connectivity index (χ3n) is 5.56. The number of pyridine rings is 1. The summed E-state index contributed by atoms with van der Waals surface area (Å²) >= 11 is 0. The maximum absolute atomic E-state index is 12.9. The molecule has 0 bridgehead atoms. The van der Waals surface area contributed by atoms with E-state index in [0.717, 1.165) is 54.3 Å². The van der Waals surface area contributed by atoms with Gasteiger partial charge in [0.2, 0.25) is 0 Å². The Kier molecular flexibility index (Phi) is 4.90. The Balaban J connectivity index is 1.54. The number of likely N-dealkylation sites (tertiary alicyclic amines) is 1. The predicted octanol–water partition coefficient (Wildman–Crippen LogP) is 2.91. The van der Waals surface area contributed by atoms with Crippen LogP contribution in [0.4, 0.5) is 0 Å². The highest BCUT2D eigenvalue weighted by Crippen LogP contribution is 2.34. The van der Waals surface area contributed by atoms with Crippen LogP contribution in [0.1, 0.15) is 46.3 Å². The summed E-state index contributed by atoms with van der Waals surface area (Å²) in [4.78, 5) is 28.1. The summed E-state index contributed by atoms with van der Waals surface area (Å²) in [5.41, 5.74) is 4.80. The normalized spacial score (nSPS) is 15.0. The molecule has 0 atom stereocenters. The van der Waals surface area contributed by atoms with Gasteiger partial charge in [-0.25, -0.2) is 9.97 Å². The Bertz CT molecular complexity index is 989. The van der Waals surface area contributed by atoms with Gasteiger partial charge in [0, 0.05) is 55.9 Å². The minimum atomic E-state index is 0.0669. The number of hydrogen-bond donors (Lipinski definition) is 0. The van der Waals surface area contributed by atoms with Crippen LogP contribution in [0.25, 0.3) is 11.1 Å². The smallest absolute Gasteiger partial charge is 0.257 e. The fourth-order valence-corrected chi connectivity index (χ4v) is 3.79. The fourth-order valence-electron chi connectivity index (χ4n) is 3.79. The SMILES string of the molecule is Cc1ncc(-c2ccncc2)c(C2CCN(C(=O)c3cnn(C)c3C)CC2)n1. The lowest BCUT2D eigenvalue weighted by Gasteiger charge is -2.32. The van der Waals surface area contributed by atoms with Crippen LogP contribution in [-0.2, 0) is 7.05 Å². The van der Waals surface area contributed by atoms with Gasteiger partial charge < -0.3 is 4.90 Å². The van der Waals surface area contributed by atoms with E-state index in [1.54, 1.807) is 23.3 Å². The number of carbonyl (C=O) groups excluding carboxylic acids is 1. The van der Waals surface area contributed by atoms with Crippen molar-refractivity contribution in [2.45, 2.75) is 32.6 Å². The topological polar surface area (TPSA) is 76.8 Å². The lowest BCUT2D eigenvalue weighted by Crippen LogP contribution is -2.38. The second kappa shape index (κ2) is 7.50. The summed E-state index contributed by atoms with van der Waals surface area (Å²) in [7, 11) is 1.86. The van der Waals surface area contributed by atoms with Crippen molar-refractivity contribution in [2.75, 3.05) is 13.1 Å². The average Bonchev–Trinajstić information content (AvgIpc) is 3.07. The molecule has 0 aliphatic carbocycles. The lowest BCUT2D eigenvalue weighted by atomic mass is 9.89. The molecule has 0 spiro atoms. The predicted molar refractivity (Wildman–Crippen MR) is 106 cm³/mol. The Hall–Kier alpha value is -3.09. The molecule has 0 saturated carbocycles. The highest BCUT2D eigenvalue weighted by molar-refractivity contribution is 5.95. The van der Waals surface area contributed by atoms with E-state index in [0.29, 0.717) is 11.5 Å². The zero-order valence-corrected chi connectivity index (χ0v) is 16.5. The van der Waals surface area contributed by atoms with Crippen molar-refractivity contribution in [1.29, 1.82) is 0 Å². The molecule has 1 fully saturated rings. The number of piperidine rings is 1. The van der Waals surface area contributed by atoms with Gasteiger partial charge >= 0.3 is 0 Å². The zero-order valence-electron chi connectivity index (χ0n) is 16.5. The molecule has 144 valence electrons. The molecule has 0 aromatic carbocycles. The van der Waals surface area contributed by atoms with E-state index >= 15 is 0 Å². The number of nitrogens with zero attached hydrogens (tertiary/aromatic N) is 6. The van der Waals surface area contributed by atoms with E-state index in [2.05, 4.69) is 15.1 Å². The molecule has 4 rings (SSSR count). The van der Waals surface area contributed by atoms with Gasteiger partial charge in [-0.1, -0.05) is 0 Å². The van der Waals surface area contributed by atoms with Gasteiger partial charge in [-0.3, -0.25) is 14.5 Å². The summed E-state index contributed by atoms with van der Waals surface area (Å²) in [5, 5.41) is 4.20. The van der Waals surface area contributed by atoms with Crippen LogP contribution < -0.4 is 0 Å². The maximum Gasteiger partial charge on any atom is 0.257 e. The Labute approximate surface area is 164 Å². The summed E-state index contributed by atoms with van der Waals surface area (Å²) in [6.07, 6.45) is 8.93. The molecule has 1 aliphatic heterocycles. The van der Waals surface area contributed by atoms with Gasteiger partial charge in [0.1, 0.15) is 5.82 Å². The van der Waals surface area contributed by atoms with Crippen LogP contribution >= 0.6 is 0 Å². The second-order valence-corrected chi connectivity index (χ2v) is 7.29. The largest absolute Gasteiger partial charge is 0.338 e. The lowest BCUT2D eigenvalue weighted by molar-refractivity contribution is 0.0711. The van der Waals surface area contributed by atoms with Crippen molar-refractivity contribution in [1.82, 2.24) is 29.6 Å². The molecule has 1 amide bonds. The van der Waals surface area contributed by atoms with E-state index in [-0.39, 0.29) is 5.91 Å². The first kappa shape index (κ1) is 18.3. The molecule has 0 radical (unpaired) electrons. The van der Waals surface area contributed by atoms with Gasteiger partial charge in [0.15, 0.2) is 0 Å². The number of rotatable bonds is 3. The van der Waals surface area contributed by atoms with Crippen molar-refractivity contribution < 1.29 is 4.79 Å². The molecule has 7 nitrogen and oxygen atoms in total. The van der Waals surface area contributed by atoms with Crippen LogP contribution in [0, 0.1) is 13.8 Å². The Morgan fingerprint density at radius 2 is 1.82 bits per heavy atom. The number of amides is 1. The van der Waals surface area contributed by atoms with Crippen LogP contribution in [0.5, 0.6) is 0 Å². The summed E-state index contributed by atoms with van der Waals surface area (Å²) in [6, 6.07) is 3.97. The van der Waals surface area contributed by atoms with E-state index in [1.807, 2.05) is 44.1 Å². The molecule has 0 N–H and O–H groups in total. The third kappa shape index (κ3) is 3.40. The minimum Gasteiger partial charge on any atom is -0.338 e. The van der Waals surface area contributed by atoms with Gasteiger partial charge in [-0.2, -0.15) is 5.10 Å². The minimum absolute atomic E-state index is 0.0669.